The van der Waals surface area contributed by atoms with Gasteiger partial charge in [-0.05, 0) is 25.2 Å². The Morgan fingerprint density at radius 3 is 2.67 bits per heavy atom. The Morgan fingerprint density at radius 1 is 1.48 bits per heavy atom. The topological polar surface area (TPSA) is 68.0 Å². The van der Waals surface area contributed by atoms with Crippen molar-refractivity contribution < 1.29 is 4.79 Å². The smallest absolute Gasteiger partial charge is 0.231 e. The summed E-state index contributed by atoms with van der Waals surface area (Å²) in [4.78, 5) is 17.9. The lowest BCUT2D eigenvalue weighted by Gasteiger charge is -2.36. The molecule has 0 saturated heterocycles. The van der Waals surface area contributed by atoms with E-state index in [1.54, 1.807) is 11.3 Å². The second-order valence-corrected chi connectivity index (χ2v) is 8.10. The molecular weight excluding hydrogens is 306 g/mol. The number of carbonyl (C=O) groups is 1. The van der Waals surface area contributed by atoms with E-state index < -0.39 is 5.54 Å². The summed E-state index contributed by atoms with van der Waals surface area (Å²) >= 11 is 1.55. The Hall–Kier alpha value is -0.650. The van der Waals surface area contributed by atoms with E-state index >= 15 is 0 Å². The first kappa shape index (κ1) is 18.4. The minimum absolute atomic E-state index is 0. The number of aromatic nitrogens is 1. The quantitative estimate of drug-likeness (QED) is 0.868. The maximum absolute atomic E-state index is 12.4. The Balaban J connectivity index is 0.00000220. The molecule has 1 fully saturated rings. The van der Waals surface area contributed by atoms with E-state index in [0.717, 1.165) is 25.7 Å². The van der Waals surface area contributed by atoms with Gasteiger partial charge in [0.1, 0.15) is 0 Å². The summed E-state index contributed by atoms with van der Waals surface area (Å²) in [7, 11) is 0. The van der Waals surface area contributed by atoms with Crippen LogP contribution in [-0.2, 0) is 10.2 Å². The van der Waals surface area contributed by atoms with Crippen molar-refractivity contribution in [1.82, 2.24) is 4.98 Å². The van der Waals surface area contributed by atoms with Crippen molar-refractivity contribution in [3.05, 3.63) is 11.1 Å². The number of carbonyl (C=O) groups excluding carboxylic acids is 1. The number of anilines is 1. The average molecular weight is 332 g/mol. The lowest BCUT2D eigenvalue weighted by molar-refractivity contribution is -0.122. The molecule has 3 N–H and O–H groups in total. The highest BCUT2D eigenvalue weighted by molar-refractivity contribution is 7.15. The van der Waals surface area contributed by atoms with Crippen molar-refractivity contribution >= 4 is 34.8 Å². The number of amides is 1. The monoisotopic (exact) mass is 331 g/mol. The zero-order valence-electron chi connectivity index (χ0n) is 13.2. The van der Waals surface area contributed by atoms with Gasteiger partial charge in [0, 0.05) is 16.6 Å². The van der Waals surface area contributed by atoms with Gasteiger partial charge in [-0.2, -0.15) is 0 Å². The molecule has 0 aliphatic heterocycles. The Bertz CT molecular complexity index is 493. The van der Waals surface area contributed by atoms with Crippen LogP contribution in [0.1, 0.15) is 58.3 Å². The van der Waals surface area contributed by atoms with Crippen LogP contribution in [-0.4, -0.2) is 16.4 Å². The fourth-order valence-electron chi connectivity index (χ4n) is 2.66. The predicted molar refractivity (Wildman–Crippen MR) is 91.2 cm³/mol. The highest BCUT2D eigenvalue weighted by Gasteiger charge is 2.38. The maximum atomic E-state index is 12.4. The summed E-state index contributed by atoms with van der Waals surface area (Å²) in [6, 6.07) is 0. The molecule has 1 aromatic rings. The molecule has 2 unspecified atom stereocenters. The summed E-state index contributed by atoms with van der Waals surface area (Å²) < 4.78 is 0. The first-order chi connectivity index (χ1) is 9.20. The minimum Gasteiger partial charge on any atom is -0.325 e. The lowest BCUT2D eigenvalue weighted by atomic mass is 9.74. The van der Waals surface area contributed by atoms with Gasteiger partial charge in [-0.1, -0.05) is 33.6 Å². The second kappa shape index (κ2) is 6.63. The number of nitrogens with one attached hydrogen (secondary N) is 1. The molecular formula is C15H26ClN3OS. The number of hydrogen-bond acceptors (Lipinski definition) is 4. The molecule has 21 heavy (non-hydrogen) atoms. The summed E-state index contributed by atoms with van der Waals surface area (Å²) in [6.45, 7) is 8.41. The number of hydrogen-bond donors (Lipinski definition) is 2. The molecule has 1 aromatic heterocycles. The van der Waals surface area contributed by atoms with Gasteiger partial charge in [-0.25, -0.2) is 4.98 Å². The van der Waals surface area contributed by atoms with Crippen molar-refractivity contribution in [2.24, 2.45) is 11.7 Å². The fourth-order valence-corrected chi connectivity index (χ4v) is 3.54. The number of rotatable bonds is 2. The molecule has 6 heteroatoms. The van der Waals surface area contributed by atoms with E-state index in [1.807, 2.05) is 13.1 Å². The molecule has 1 amide bonds. The first-order valence-corrected chi connectivity index (χ1v) is 8.08. The van der Waals surface area contributed by atoms with Gasteiger partial charge in [0.2, 0.25) is 5.91 Å². The van der Waals surface area contributed by atoms with Crippen LogP contribution in [0.5, 0.6) is 0 Å². The third kappa shape index (κ3) is 4.41. The molecule has 1 saturated carbocycles. The van der Waals surface area contributed by atoms with Crippen LogP contribution < -0.4 is 11.1 Å². The SMILES string of the molecule is CC(C)(C)c1cnc(NC(=O)C2CCCCC2(C)N)s1.Cl. The molecule has 0 bridgehead atoms. The van der Waals surface area contributed by atoms with E-state index in [2.05, 4.69) is 31.1 Å². The molecule has 1 heterocycles. The Morgan fingerprint density at radius 2 is 2.14 bits per heavy atom. The highest BCUT2D eigenvalue weighted by atomic mass is 35.5. The third-order valence-corrected chi connectivity index (χ3v) is 5.38. The van der Waals surface area contributed by atoms with E-state index in [0.29, 0.717) is 5.13 Å². The van der Waals surface area contributed by atoms with Gasteiger partial charge in [-0.3, -0.25) is 4.79 Å². The van der Waals surface area contributed by atoms with Crippen LogP contribution in [0.3, 0.4) is 0 Å². The second-order valence-electron chi connectivity index (χ2n) is 7.07. The van der Waals surface area contributed by atoms with Crippen LogP contribution in [0.15, 0.2) is 6.20 Å². The Kier molecular flexibility index (Phi) is 5.81. The molecule has 0 aromatic carbocycles. The van der Waals surface area contributed by atoms with Crippen molar-refractivity contribution in [2.75, 3.05) is 5.32 Å². The Labute approximate surface area is 137 Å². The summed E-state index contributed by atoms with van der Waals surface area (Å²) in [6.07, 6.45) is 5.83. The summed E-state index contributed by atoms with van der Waals surface area (Å²) in [5.74, 6) is -0.0947. The standard InChI is InChI=1S/C15H25N3OS.ClH/c1-14(2,3)11-9-17-13(20-11)18-12(19)10-7-5-6-8-15(10,4)16;/h9-10H,5-8,16H2,1-4H3,(H,17,18,19);1H. The van der Waals surface area contributed by atoms with Gasteiger partial charge in [-0.15, -0.1) is 23.7 Å². The molecule has 2 atom stereocenters. The zero-order valence-corrected chi connectivity index (χ0v) is 14.9. The van der Waals surface area contributed by atoms with Crippen molar-refractivity contribution in [1.29, 1.82) is 0 Å². The molecule has 1 aliphatic rings. The van der Waals surface area contributed by atoms with Crippen LogP contribution in [0.2, 0.25) is 0 Å². The van der Waals surface area contributed by atoms with Gasteiger partial charge in [0.25, 0.3) is 0 Å². The average Bonchev–Trinajstić information content (AvgIpc) is 2.76. The van der Waals surface area contributed by atoms with Crippen molar-refractivity contribution in [3.8, 4) is 0 Å². The van der Waals surface area contributed by atoms with E-state index in [9.17, 15) is 4.79 Å². The van der Waals surface area contributed by atoms with E-state index in [-0.39, 0.29) is 29.6 Å². The molecule has 0 radical (unpaired) electrons. The maximum Gasteiger partial charge on any atom is 0.231 e. The number of halogens is 1. The lowest BCUT2D eigenvalue weighted by Crippen LogP contribution is -2.51. The van der Waals surface area contributed by atoms with Crippen molar-refractivity contribution in [2.45, 2.75) is 64.3 Å². The predicted octanol–water partition coefficient (Wildman–Crippen LogP) is 3.71. The molecule has 4 nitrogen and oxygen atoms in total. The summed E-state index contributed by atoms with van der Waals surface area (Å²) in [5.41, 5.74) is 5.94. The first-order valence-electron chi connectivity index (χ1n) is 7.26. The van der Waals surface area contributed by atoms with Crippen LogP contribution in [0, 0.1) is 5.92 Å². The fraction of sp³-hybridized carbons (Fsp3) is 0.733. The molecule has 120 valence electrons. The molecule has 1 aliphatic carbocycles. The van der Waals surface area contributed by atoms with Gasteiger partial charge >= 0.3 is 0 Å². The minimum atomic E-state index is -0.396. The summed E-state index contributed by atoms with van der Waals surface area (Å²) in [5, 5.41) is 3.63. The van der Waals surface area contributed by atoms with Crippen LogP contribution in [0.25, 0.3) is 0 Å². The van der Waals surface area contributed by atoms with Crippen LogP contribution >= 0.6 is 23.7 Å². The van der Waals surface area contributed by atoms with Gasteiger partial charge in [0.15, 0.2) is 5.13 Å². The normalized spacial score (nSPS) is 26.0. The molecule has 0 spiro atoms. The number of thiazole rings is 1. The van der Waals surface area contributed by atoms with E-state index in [1.165, 1.54) is 4.88 Å². The highest BCUT2D eigenvalue weighted by Crippen LogP contribution is 2.34. The number of nitrogens with zero attached hydrogens (tertiary/aromatic N) is 1. The van der Waals surface area contributed by atoms with Crippen molar-refractivity contribution in [3.63, 3.8) is 0 Å². The number of nitrogens with two attached hydrogens (primary N) is 1. The van der Waals surface area contributed by atoms with Gasteiger partial charge in [0.05, 0.1) is 5.92 Å². The van der Waals surface area contributed by atoms with Crippen LogP contribution in [0.4, 0.5) is 5.13 Å². The largest absolute Gasteiger partial charge is 0.325 e. The zero-order chi connectivity index (χ0) is 15.0. The third-order valence-electron chi connectivity index (χ3n) is 4.05. The van der Waals surface area contributed by atoms with E-state index in [4.69, 9.17) is 5.73 Å². The molecule has 2 rings (SSSR count). The van der Waals surface area contributed by atoms with Gasteiger partial charge < -0.3 is 11.1 Å².